The van der Waals surface area contributed by atoms with E-state index in [1.54, 1.807) is 0 Å². The first kappa shape index (κ1) is 14.4. The van der Waals surface area contributed by atoms with E-state index in [-0.39, 0.29) is 18.0 Å². The zero-order valence-electron chi connectivity index (χ0n) is 10.5. The second kappa shape index (κ2) is 6.80. The molecule has 0 saturated carbocycles. The van der Waals surface area contributed by atoms with Crippen LogP contribution in [0.4, 0.5) is 0 Å². The van der Waals surface area contributed by atoms with Crippen LogP contribution < -0.4 is 16.4 Å². The molecule has 4 heteroatoms. The minimum Gasteiger partial charge on any atom is -0.351 e. The molecular formula is C11H25N3O. The van der Waals surface area contributed by atoms with Crippen LogP contribution in [-0.2, 0) is 4.79 Å². The van der Waals surface area contributed by atoms with Gasteiger partial charge in [-0.3, -0.25) is 10.1 Å². The first-order valence-electron chi connectivity index (χ1n) is 5.65. The fourth-order valence-electron chi connectivity index (χ4n) is 1.53. The Labute approximate surface area is 93.0 Å². The molecule has 0 aromatic heterocycles. The van der Waals surface area contributed by atoms with Gasteiger partial charge in [-0.25, -0.2) is 0 Å². The molecule has 0 heterocycles. The summed E-state index contributed by atoms with van der Waals surface area (Å²) in [5.41, 5.74) is 5.67. The molecule has 0 fully saturated rings. The average molecular weight is 215 g/mol. The predicted octanol–water partition coefficient (Wildman–Crippen LogP) is 0.820. The Hall–Kier alpha value is -0.610. The van der Waals surface area contributed by atoms with Crippen LogP contribution in [0.3, 0.4) is 0 Å². The topological polar surface area (TPSA) is 67.2 Å². The average Bonchev–Trinajstić information content (AvgIpc) is 2.00. The normalized spacial score (nSPS) is 15.5. The van der Waals surface area contributed by atoms with Gasteiger partial charge in [0.2, 0.25) is 0 Å². The monoisotopic (exact) mass is 215 g/mol. The minimum absolute atomic E-state index is 0.128. The number of carbonyl (C=O) groups excluding carboxylic acids is 1. The molecule has 90 valence electrons. The number of rotatable bonds is 6. The van der Waals surface area contributed by atoms with Crippen LogP contribution in [0.25, 0.3) is 0 Å². The van der Waals surface area contributed by atoms with Crippen LogP contribution in [0.1, 0.15) is 41.0 Å². The maximum atomic E-state index is 11.6. The van der Waals surface area contributed by atoms with Crippen LogP contribution in [0.2, 0.25) is 0 Å². The van der Waals surface area contributed by atoms with E-state index >= 15 is 0 Å². The molecule has 0 bridgehead atoms. The summed E-state index contributed by atoms with van der Waals surface area (Å²) in [6, 6.07) is 0.392. The van der Waals surface area contributed by atoms with E-state index in [1.807, 2.05) is 20.8 Å². The minimum atomic E-state index is -0.611. The summed E-state index contributed by atoms with van der Waals surface area (Å²) >= 11 is 0. The summed E-state index contributed by atoms with van der Waals surface area (Å²) in [7, 11) is 0. The smallest absolute Gasteiger partial charge is 0.251 e. The van der Waals surface area contributed by atoms with Gasteiger partial charge in [0.05, 0.1) is 0 Å². The molecule has 0 aliphatic rings. The lowest BCUT2D eigenvalue weighted by atomic mass is 10.1. The van der Waals surface area contributed by atoms with Crippen LogP contribution in [0, 0.1) is 5.92 Å². The van der Waals surface area contributed by atoms with Crippen molar-refractivity contribution in [1.82, 2.24) is 10.6 Å². The third kappa shape index (κ3) is 7.33. The third-order valence-electron chi connectivity index (χ3n) is 2.01. The standard InChI is InChI=1S/C11H25N3O/c1-7(2)6-9(5)14-11(15)10(12)13-8(3)4/h7-10,13H,6,12H2,1-5H3,(H,14,15)/t9-,10+/m1/s1. The van der Waals surface area contributed by atoms with Gasteiger partial charge in [-0.1, -0.05) is 13.8 Å². The highest BCUT2D eigenvalue weighted by atomic mass is 16.2. The zero-order valence-corrected chi connectivity index (χ0v) is 10.5. The summed E-state index contributed by atoms with van der Waals surface area (Å²) in [5, 5.41) is 5.86. The maximum absolute atomic E-state index is 11.6. The largest absolute Gasteiger partial charge is 0.351 e. The molecule has 4 N–H and O–H groups in total. The zero-order chi connectivity index (χ0) is 12.0. The van der Waals surface area contributed by atoms with Gasteiger partial charge in [-0.15, -0.1) is 0 Å². The van der Waals surface area contributed by atoms with E-state index in [0.717, 1.165) is 6.42 Å². The van der Waals surface area contributed by atoms with E-state index in [2.05, 4.69) is 24.5 Å². The summed E-state index contributed by atoms with van der Waals surface area (Å²) in [6.45, 7) is 10.2. The highest BCUT2D eigenvalue weighted by Gasteiger charge is 2.16. The van der Waals surface area contributed by atoms with Crippen molar-refractivity contribution in [3.05, 3.63) is 0 Å². The SMILES string of the molecule is CC(C)C[C@@H](C)NC(=O)[C@@H](N)NC(C)C. The quantitative estimate of drug-likeness (QED) is 0.575. The summed E-state index contributed by atoms with van der Waals surface area (Å²) in [4.78, 5) is 11.6. The highest BCUT2D eigenvalue weighted by molar-refractivity contribution is 5.81. The Morgan fingerprint density at radius 1 is 1.20 bits per heavy atom. The molecule has 2 atom stereocenters. The molecule has 0 rings (SSSR count). The van der Waals surface area contributed by atoms with Gasteiger partial charge >= 0.3 is 0 Å². The molecule has 15 heavy (non-hydrogen) atoms. The predicted molar refractivity (Wildman–Crippen MR) is 63.3 cm³/mol. The molecule has 1 amide bonds. The van der Waals surface area contributed by atoms with E-state index in [0.29, 0.717) is 5.92 Å². The lowest BCUT2D eigenvalue weighted by Gasteiger charge is -2.20. The molecule has 4 nitrogen and oxygen atoms in total. The van der Waals surface area contributed by atoms with Crippen molar-refractivity contribution >= 4 is 5.91 Å². The van der Waals surface area contributed by atoms with Gasteiger partial charge in [0.15, 0.2) is 0 Å². The lowest BCUT2D eigenvalue weighted by Crippen LogP contribution is -2.54. The molecule has 0 aliphatic carbocycles. The van der Waals surface area contributed by atoms with Gasteiger partial charge in [0.25, 0.3) is 5.91 Å². The van der Waals surface area contributed by atoms with Crippen LogP contribution in [0.15, 0.2) is 0 Å². The van der Waals surface area contributed by atoms with Crippen molar-refractivity contribution in [3.8, 4) is 0 Å². The first-order valence-corrected chi connectivity index (χ1v) is 5.65. The van der Waals surface area contributed by atoms with Crippen molar-refractivity contribution in [3.63, 3.8) is 0 Å². The number of nitrogens with two attached hydrogens (primary N) is 1. The van der Waals surface area contributed by atoms with E-state index in [1.165, 1.54) is 0 Å². The third-order valence-corrected chi connectivity index (χ3v) is 2.01. The fourth-order valence-corrected chi connectivity index (χ4v) is 1.53. The molecule has 0 radical (unpaired) electrons. The van der Waals surface area contributed by atoms with Gasteiger partial charge in [-0.2, -0.15) is 0 Å². The first-order chi connectivity index (χ1) is 6.82. The van der Waals surface area contributed by atoms with E-state index < -0.39 is 6.17 Å². The van der Waals surface area contributed by atoms with Gasteiger partial charge < -0.3 is 11.1 Å². The van der Waals surface area contributed by atoms with E-state index in [4.69, 9.17) is 5.73 Å². The molecule has 0 saturated heterocycles. The van der Waals surface area contributed by atoms with Gasteiger partial charge in [0, 0.05) is 12.1 Å². The second-order valence-electron chi connectivity index (χ2n) is 4.84. The van der Waals surface area contributed by atoms with Crippen molar-refractivity contribution in [2.75, 3.05) is 0 Å². The molecule has 0 spiro atoms. The Morgan fingerprint density at radius 2 is 1.73 bits per heavy atom. The number of hydrogen-bond donors (Lipinski definition) is 3. The number of nitrogens with one attached hydrogen (secondary N) is 2. The van der Waals surface area contributed by atoms with Crippen molar-refractivity contribution < 1.29 is 4.79 Å². The Morgan fingerprint density at radius 3 is 2.13 bits per heavy atom. The van der Waals surface area contributed by atoms with Crippen molar-refractivity contribution in [1.29, 1.82) is 0 Å². The molecular weight excluding hydrogens is 190 g/mol. The van der Waals surface area contributed by atoms with Gasteiger partial charge in [-0.05, 0) is 33.1 Å². The molecule has 0 unspecified atom stereocenters. The Kier molecular flexibility index (Phi) is 6.52. The van der Waals surface area contributed by atoms with Crippen LogP contribution in [-0.4, -0.2) is 24.2 Å². The fraction of sp³-hybridized carbons (Fsp3) is 0.909. The summed E-state index contributed by atoms with van der Waals surface area (Å²) in [5.74, 6) is 0.450. The van der Waals surface area contributed by atoms with Crippen molar-refractivity contribution in [2.45, 2.75) is 59.3 Å². The van der Waals surface area contributed by atoms with Crippen molar-refractivity contribution in [2.24, 2.45) is 11.7 Å². The number of carbonyl (C=O) groups is 1. The van der Waals surface area contributed by atoms with Crippen LogP contribution >= 0.6 is 0 Å². The van der Waals surface area contributed by atoms with E-state index in [9.17, 15) is 4.79 Å². The molecule has 0 aliphatic heterocycles. The lowest BCUT2D eigenvalue weighted by molar-refractivity contribution is -0.123. The Balaban J connectivity index is 3.90. The molecule has 0 aromatic rings. The molecule has 0 aromatic carbocycles. The highest BCUT2D eigenvalue weighted by Crippen LogP contribution is 2.03. The van der Waals surface area contributed by atoms with Gasteiger partial charge in [0.1, 0.15) is 6.17 Å². The summed E-state index contributed by atoms with van der Waals surface area (Å²) < 4.78 is 0. The number of amides is 1. The number of hydrogen-bond acceptors (Lipinski definition) is 3. The Bertz CT molecular complexity index is 192. The maximum Gasteiger partial charge on any atom is 0.251 e. The van der Waals surface area contributed by atoms with Crippen LogP contribution in [0.5, 0.6) is 0 Å². The second-order valence-corrected chi connectivity index (χ2v) is 4.84. The summed E-state index contributed by atoms with van der Waals surface area (Å²) in [6.07, 6.45) is 0.361.